The first kappa shape index (κ1) is 17.2. The van der Waals surface area contributed by atoms with Gasteiger partial charge in [0.2, 0.25) is 0 Å². The zero-order valence-corrected chi connectivity index (χ0v) is 14.2. The van der Waals surface area contributed by atoms with Crippen LogP contribution < -0.4 is 4.72 Å². The molecule has 1 atom stereocenters. The van der Waals surface area contributed by atoms with Crippen LogP contribution in [0.15, 0.2) is 42.9 Å². The van der Waals surface area contributed by atoms with Gasteiger partial charge in [0.15, 0.2) is 5.82 Å². The maximum atomic E-state index is 14.9. The van der Waals surface area contributed by atoms with Gasteiger partial charge >= 0.3 is 0 Å². The van der Waals surface area contributed by atoms with Gasteiger partial charge in [-0.2, -0.15) is 5.10 Å². The van der Waals surface area contributed by atoms with Crippen molar-refractivity contribution < 1.29 is 13.0 Å². The normalized spacial score (nSPS) is 12.1. The summed E-state index contributed by atoms with van der Waals surface area (Å²) < 4.78 is 43.7. The number of aromatic nitrogens is 3. The maximum absolute atomic E-state index is 14.9. The molecule has 0 radical (unpaired) electrons. The second kappa shape index (κ2) is 7.52. The standard InChI is InChI=1S/C17H16F2N4OS/c1-2-9-25(24)23-14-4-3-13(18)15(16(14)19)17-12(10-21-22-17)11-5-7-20-8-6-11/h3-8,10,23H,2,9H2,1H3,(H,21,22). The molecule has 0 amide bonds. The van der Waals surface area contributed by atoms with E-state index in [2.05, 4.69) is 19.9 Å². The summed E-state index contributed by atoms with van der Waals surface area (Å²) in [5.74, 6) is -1.17. The molecule has 0 saturated heterocycles. The molecule has 1 unspecified atom stereocenters. The molecule has 25 heavy (non-hydrogen) atoms. The summed E-state index contributed by atoms with van der Waals surface area (Å²) in [5.41, 5.74) is 1.23. The SMILES string of the molecule is CCCS(=O)Nc1ccc(F)c(-c2[nH]ncc2-c2ccncc2)c1F. The van der Waals surface area contributed by atoms with Crippen molar-refractivity contribution in [1.82, 2.24) is 15.2 Å². The largest absolute Gasteiger partial charge is 0.302 e. The first-order chi connectivity index (χ1) is 12.1. The van der Waals surface area contributed by atoms with Crippen molar-refractivity contribution in [3.63, 3.8) is 0 Å². The second-order valence-corrected chi connectivity index (χ2v) is 6.63. The van der Waals surface area contributed by atoms with Gasteiger partial charge in [0.25, 0.3) is 0 Å². The van der Waals surface area contributed by atoms with Crippen molar-refractivity contribution in [1.29, 1.82) is 0 Å². The van der Waals surface area contributed by atoms with Crippen molar-refractivity contribution in [2.75, 3.05) is 10.5 Å². The minimum Gasteiger partial charge on any atom is -0.302 e. The van der Waals surface area contributed by atoms with Gasteiger partial charge in [-0.1, -0.05) is 6.92 Å². The lowest BCUT2D eigenvalue weighted by Gasteiger charge is -2.11. The fourth-order valence-corrected chi connectivity index (χ4v) is 3.32. The van der Waals surface area contributed by atoms with E-state index in [0.29, 0.717) is 17.7 Å². The smallest absolute Gasteiger partial charge is 0.159 e. The number of anilines is 1. The quantitative estimate of drug-likeness (QED) is 0.699. The minimum absolute atomic E-state index is 0.0153. The van der Waals surface area contributed by atoms with Crippen LogP contribution in [0.1, 0.15) is 13.3 Å². The average molecular weight is 362 g/mol. The Morgan fingerprint density at radius 2 is 1.96 bits per heavy atom. The molecule has 8 heteroatoms. The fraction of sp³-hybridized carbons (Fsp3) is 0.176. The van der Waals surface area contributed by atoms with E-state index >= 15 is 0 Å². The summed E-state index contributed by atoms with van der Waals surface area (Å²) in [5, 5.41) is 6.57. The van der Waals surface area contributed by atoms with Crippen molar-refractivity contribution in [3.8, 4) is 22.4 Å². The Morgan fingerprint density at radius 3 is 2.68 bits per heavy atom. The molecule has 1 aromatic carbocycles. The number of pyridine rings is 1. The molecule has 3 aromatic rings. The Morgan fingerprint density at radius 1 is 1.20 bits per heavy atom. The molecular weight excluding hydrogens is 346 g/mol. The van der Waals surface area contributed by atoms with E-state index in [0.717, 1.165) is 11.6 Å². The molecule has 0 saturated carbocycles. The van der Waals surface area contributed by atoms with Gasteiger partial charge in [-0.05, 0) is 36.2 Å². The molecular formula is C17H16F2N4OS. The number of nitrogens with zero attached hydrogens (tertiary/aromatic N) is 2. The second-order valence-electron chi connectivity index (χ2n) is 5.33. The van der Waals surface area contributed by atoms with Crippen LogP contribution >= 0.6 is 0 Å². The van der Waals surface area contributed by atoms with E-state index in [9.17, 15) is 13.0 Å². The summed E-state index contributed by atoms with van der Waals surface area (Å²) in [6.45, 7) is 1.87. The van der Waals surface area contributed by atoms with Crippen LogP contribution in [-0.2, 0) is 11.0 Å². The lowest BCUT2D eigenvalue weighted by atomic mass is 10.0. The van der Waals surface area contributed by atoms with Crippen molar-refractivity contribution in [2.45, 2.75) is 13.3 Å². The molecule has 130 valence electrons. The highest BCUT2D eigenvalue weighted by molar-refractivity contribution is 7.86. The predicted octanol–water partition coefficient (Wildman–Crippen LogP) is 3.90. The number of benzene rings is 1. The van der Waals surface area contributed by atoms with E-state index in [1.807, 2.05) is 6.92 Å². The first-order valence-electron chi connectivity index (χ1n) is 7.69. The fourth-order valence-electron chi connectivity index (χ4n) is 2.45. The van der Waals surface area contributed by atoms with E-state index in [4.69, 9.17) is 0 Å². The monoisotopic (exact) mass is 362 g/mol. The zero-order valence-electron chi connectivity index (χ0n) is 13.4. The lowest BCUT2D eigenvalue weighted by molar-refractivity contribution is 0.591. The third kappa shape index (κ3) is 3.58. The first-order valence-corrected chi connectivity index (χ1v) is 9.01. The summed E-state index contributed by atoms with van der Waals surface area (Å²) in [6.07, 6.45) is 5.36. The topological polar surface area (TPSA) is 70.7 Å². The molecule has 5 nitrogen and oxygen atoms in total. The van der Waals surface area contributed by atoms with Gasteiger partial charge in [0.05, 0.1) is 23.1 Å². The number of halogens is 2. The van der Waals surface area contributed by atoms with E-state index in [1.54, 1.807) is 24.5 Å². The van der Waals surface area contributed by atoms with Crippen LogP contribution in [0.25, 0.3) is 22.4 Å². The van der Waals surface area contributed by atoms with Gasteiger partial charge in [-0.3, -0.25) is 10.1 Å². The summed E-state index contributed by atoms with van der Waals surface area (Å²) in [4.78, 5) is 3.93. The Kier molecular flexibility index (Phi) is 5.18. The Labute approximate surface area is 146 Å². The predicted molar refractivity (Wildman–Crippen MR) is 94.1 cm³/mol. The number of H-pyrrole nitrogens is 1. The molecule has 0 spiro atoms. The number of hydrogen-bond donors (Lipinski definition) is 2. The number of aromatic amines is 1. The average Bonchev–Trinajstić information content (AvgIpc) is 3.08. The van der Waals surface area contributed by atoms with Crippen LogP contribution in [0.4, 0.5) is 14.5 Å². The maximum Gasteiger partial charge on any atom is 0.159 e. The molecule has 0 aliphatic carbocycles. The van der Waals surface area contributed by atoms with Crippen LogP contribution in [0.2, 0.25) is 0 Å². The van der Waals surface area contributed by atoms with Crippen LogP contribution in [0.5, 0.6) is 0 Å². The molecule has 2 N–H and O–H groups in total. The van der Waals surface area contributed by atoms with E-state index in [-0.39, 0.29) is 16.9 Å². The van der Waals surface area contributed by atoms with Crippen LogP contribution in [-0.4, -0.2) is 25.1 Å². The molecule has 0 aliphatic heterocycles. The Balaban J connectivity index is 2.07. The third-order valence-electron chi connectivity index (χ3n) is 3.59. The summed E-state index contributed by atoms with van der Waals surface area (Å²) in [7, 11) is -1.43. The highest BCUT2D eigenvalue weighted by atomic mass is 32.2. The van der Waals surface area contributed by atoms with Crippen molar-refractivity contribution >= 4 is 16.7 Å². The number of hydrogen-bond acceptors (Lipinski definition) is 3. The van der Waals surface area contributed by atoms with E-state index in [1.165, 1.54) is 12.3 Å². The summed E-state index contributed by atoms with van der Waals surface area (Å²) >= 11 is 0. The minimum atomic E-state index is -1.43. The van der Waals surface area contributed by atoms with Gasteiger partial charge < -0.3 is 4.72 Å². The molecule has 0 bridgehead atoms. The van der Waals surface area contributed by atoms with Crippen molar-refractivity contribution in [3.05, 3.63) is 54.5 Å². The highest BCUT2D eigenvalue weighted by Crippen LogP contribution is 2.35. The Bertz CT molecular complexity index is 899. The molecule has 0 aliphatic rings. The van der Waals surface area contributed by atoms with Gasteiger partial charge in [-0.15, -0.1) is 0 Å². The number of rotatable bonds is 6. The number of nitrogens with one attached hydrogen (secondary N) is 2. The van der Waals surface area contributed by atoms with Gasteiger partial charge in [0, 0.05) is 23.7 Å². The highest BCUT2D eigenvalue weighted by Gasteiger charge is 2.21. The van der Waals surface area contributed by atoms with Gasteiger partial charge in [0.1, 0.15) is 16.8 Å². The van der Waals surface area contributed by atoms with E-state index < -0.39 is 22.6 Å². The molecule has 2 aromatic heterocycles. The van der Waals surface area contributed by atoms with Crippen LogP contribution in [0, 0.1) is 11.6 Å². The summed E-state index contributed by atoms with van der Waals surface area (Å²) in [6, 6.07) is 5.83. The van der Waals surface area contributed by atoms with Crippen LogP contribution in [0.3, 0.4) is 0 Å². The van der Waals surface area contributed by atoms with Gasteiger partial charge in [-0.25, -0.2) is 13.0 Å². The molecule has 0 fully saturated rings. The molecule has 2 heterocycles. The van der Waals surface area contributed by atoms with Crippen molar-refractivity contribution in [2.24, 2.45) is 0 Å². The Hall–Kier alpha value is -2.61. The third-order valence-corrected chi connectivity index (χ3v) is 4.81. The lowest BCUT2D eigenvalue weighted by Crippen LogP contribution is -2.10. The molecule has 3 rings (SSSR count). The zero-order chi connectivity index (χ0) is 17.8.